The number of nitrogens with zero attached hydrogens (tertiary/aromatic N) is 3. The number of benzene rings is 1. The first kappa shape index (κ1) is 29.8. The van der Waals surface area contributed by atoms with Crippen molar-refractivity contribution in [3.05, 3.63) is 23.9 Å². The van der Waals surface area contributed by atoms with Gasteiger partial charge in [0.2, 0.25) is 11.8 Å². The molecule has 6 rings (SSSR count). The number of ether oxygens (including phenoxy) is 4. The fourth-order valence-electron chi connectivity index (χ4n) is 7.35. The number of aldehydes is 1. The van der Waals surface area contributed by atoms with Crippen molar-refractivity contribution in [3.8, 4) is 11.6 Å². The molecule has 0 radical (unpaired) electrons. The second-order valence-electron chi connectivity index (χ2n) is 13.2. The highest BCUT2D eigenvalue weighted by molar-refractivity contribution is 5.87. The van der Waals surface area contributed by atoms with Crippen molar-refractivity contribution in [2.24, 2.45) is 23.2 Å². The summed E-state index contributed by atoms with van der Waals surface area (Å²) < 4.78 is 23.5. The van der Waals surface area contributed by atoms with E-state index in [0.717, 1.165) is 62.4 Å². The number of aryl methyl sites for hydroxylation is 1. The molecule has 2 bridgehead atoms. The van der Waals surface area contributed by atoms with Crippen molar-refractivity contribution < 1.29 is 33.3 Å². The number of hydrogen-bond acceptors (Lipinski definition) is 9. The molecule has 1 saturated carbocycles. The Kier molecular flexibility index (Phi) is 8.58. The first-order chi connectivity index (χ1) is 20.8. The van der Waals surface area contributed by atoms with Gasteiger partial charge in [-0.3, -0.25) is 9.59 Å². The Labute approximate surface area is 252 Å². The van der Waals surface area contributed by atoms with Gasteiger partial charge in [-0.05, 0) is 56.6 Å². The van der Waals surface area contributed by atoms with E-state index in [0.29, 0.717) is 42.7 Å². The Balaban J connectivity index is 1.35. The van der Waals surface area contributed by atoms with E-state index in [1.54, 1.807) is 12.0 Å². The number of carbonyl (C=O) groups is 3. The van der Waals surface area contributed by atoms with Crippen LogP contribution in [-0.4, -0.2) is 78.1 Å². The zero-order valence-electron chi connectivity index (χ0n) is 25.5. The van der Waals surface area contributed by atoms with Gasteiger partial charge in [0.05, 0.1) is 56.3 Å². The molecular formula is C33H43N3O7. The predicted octanol–water partition coefficient (Wildman–Crippen LogP) is 4.30. The zero-order valence-corrected chi connectivity index (χ0v) is 25.5. The highest BCUT2D eigenvalue weighted by Crippen LogP contribution is 2.42. The number of aromatic nitrogens is 2. The molecule has 4 aliphatic rings. The van der Waals surface area contributed by atoms with Crippen LogP contribution in [0.2, 0.25) is 0 Å². The van der Waals surface area contributed by atoms with Crippen LogP contribution in [0.15, 0.2) is 18.2 Å². The first-order valence-electron chi connectivity index (χ1n) is 15.8. The normalized spacial score (nSPS) is 31.6. The molecule has 4 heterocycles. The monoisotopic (exact) mass is 593 g/mol. The summed E-state index contributed by atoms with van der Waals surface area (Å²) in [5, 5.41) is 0. The third-order valence-electron chi connectivity index (χ3n) is 10.2. The Morgan fingerprint density at radius 1 is 1.00 bits per heavy atom. The van der Waals surface area contributed by atoms with Gasteiger partial charge >= 0.3 is 5.97 Å². The number of amides is 1. The standard InChI is InChI=1S/C33H43N3O7/c1-20-27(17-37)36-16-29(20)43-31-25(34-24-13-12-22(40-3)14-26(24)35-31)10-6-4-5-8-21-9-7-11-28(21)42-30(38)15-23(32(36)39)33(2)18-41-19-33/h12-14,17,20-21,23,27-29H,4-11,15-16,18-19H2,1-3H3/t20-,21+,23+,27+,28+,29-/m0/s1. The molecule has 6 atom stereocenters. The van der Waals surface area contributed by atoms with Crippen molar-refractivity contribution in [3.63, 3.8) is 0 Å². The average molecular weight is 594 g/mol. The minimum atomic E-state index is -0.682. The van der Waals surface area contributed by atoms with Crippen molar-refractivity contribution in [1.82, 2.24) is 14.9 Å². The maximum atomic E-state index is 14.2. The lowest BCUT2D eigenvalue weighted by molar-refractivity contribution is -0.176. The summed E-state index contributed by atoms with van der Waals surface area (Å²) in [5.74, 6) is -0.0326. The maximum Gasteiger partial charge on any atom is 0.306 e. The molecule has 43 heavy (non-hydrogen) atoms. The van der Waals surface area contributed by atoms with Gasteiger partial charge in [0.25, 0.3) is 0 Å². The molecule has 10 nitrogen and oxygen atoms in total. The second-order valence-corrected chi connectivity index (χ2v) is 13.2. The Morgan fingerprint density at radius 2 is 1.81 bits per heavy atom. The topological polar surface area (TPSA) is 117 Å². The molecular weight excluding hydrogens is 550 g/mol. The largest absolute Gasteiger partial charge is 0.497 e. The van der Waals surface area contributed by atoms with Gasteiger partial charge < -0.3 is 28.6 Å². The fourth-order valence-corrected chi connectivity index (χ4v) is 7.35. The minimum Gasteiger partial charge on any atom is -0.497 e. The summed E-state index contributed by atoms with van der Waals surface area (Å²) in [6, 6.07) is 4.93. The maximum absolute atomic E-state index is 14.2. The number of esters is 1. The molecule has 1 aliphatic carbocycles. The van der Waals surface area contributed by atoms with E-state index in [1.165, 1.54) is 0 Å². The van der Waals surface area contributed by atoms with Crippen LogP contribution in [0, 0.1) is 23.2 Å². The van der Waals surface area contributed by atoms with Crippen molar-refractivity contribution in [1.29, 1.82) is 0 Å². The Morgan fingerprint density at radius 3 is 2.56 bits per heavy atom. The van der Waals surface area contributed by atoms with Gasteiger partial charge in [0, 0.05) is 17.4 Å². The summed E-state index contributed by atoms with van der Waals surface area (Å²) in [7, 11) is 1.61. The third kappa shape index (κ3) is 5.95. The fraction of sp³-hybridized carbons (Fsp3) is 0.667. The molecule has 3 fully saturated rings. The van der Waals surface area contributed by atoms with E-state index < -0.39 is 23.5 Å². The van der Waals surface area contributed by atoms with Crippen LogP contribution < -0.4 is 9.47 Å². The average Bonchev–Trinajstić information content (AvgIpc) is 3.56. The first-order valence-corrected chi connectivity index (χ1v) is 15.8. The zero-order chi connectivity index (χ0) is 30.1. The second kappa shape index (κ2) is 12.4. The van der Waals surface area contributed by atoms with Crippen LogP contribution in [0.25, 0.3) is 11.0 Å². The number of fused-ring (bicyclic) bond motifs is 5. The lowest BCUT2D eigenvalue weighted by Gasteiger charge is -2.44. The lowest BCUT2D eigenvalue weighted by atomic mass is 9.72. The predicted molar refractivity (Wildman–Crippen MR) is 158 cm³/mol. The van der Waals surface area contributed by atoms with Crippen LogP contribution in [-0.2, 0) is 30.3 Å². The van der Waals surface area contributed by atoms with Gasteiger partial charge in [-0.25, -0.2) is 9.97 Å². The van der Waals surface area contributed by atoms with Gasteiger partial charge in [-0.1, -0.05) is 26.7 Å². The molecule has 3 aliphatic heterocycles. The van der Waals surface area contributed by atoms with Gasteiger partial charge in [0.15, 0.2) is 0 Å². The minimum absolute atomic E-state index is 0.0218. The van der Waals surface area contributed by atoms with Crippen LogP contribution >= 0.6 is 0 Å². The van der Waals surface area contributed by atoms with E-state index in [-0.39, 0.29) is 36.9 Å². The SMILES string of the molecule is COc1ccc2nc3c(nc2c1)O[C@H]1CN(C(=O)[C@H](C2(C)COC2)CC(=O)O[C@@H]2CCC[C@H]2CCCCC3)[C@H](C=O)[C@@H]1C. The van der Waals surface area contributed by atoms with Crippen LogP contribution in [0.5, 0.6) is 11.6 Å². The summed E-state index contributed by atoms with van der Waals surface area (Å²) in [4.78, 5) is 51.4. The Bertz CT molecular complexity index is 1360. The van der Waals surface area contributed by atoms with Crippen LogP contribution in [0.1, 0.15) is 70.9 Å². The number of hydrogen-bond donors (Lipinski definition) is 0. The smallest absolute Gasteiger partial charge is 0.306 e. The van der Waals surface area contributed by atoms with Crippen molar-refractivity contribution >= 4 is 29.2 Å². The summed E-state index contributed by atoms with van der Waals surface area (Å²) >= 11 is 0. The molecule has 0 spiro atoms. The van der Waals surface area contributed by atoms with Gasteiger partial charge in [-0.15, -0.1) is 0 Å². The van der Waals surface area contributed by atoms with E-state index in [1.807, 2.05) is 32.0 Å². The third-order valence-corrected chi connectivity index (χ3v) is 10.2. The van der Waals surface area contributed by atoms with E-state index >= 15 is 0 Å². The molecule has 2 aromatic rings. The van der Waals surface area contributed by atoms with E-state index in [9.17, 15) is 14.4 Å². The number of methoxy groups -OCH3 is 1. The molecule has 2 saturated heterocycles. The van der Waals surface area contributed by atoms with E-state index in [4.69, 9.17) is 28.9 Å². The summed E-state index contributed by atoms with van der Waals surface area (Å²) in [6.45, 7) is 4.89. The molecule has 0 unspecified atom stereocenters. The Hall–Kier alpha value is -3.27. The highest BCUT2D eigenvalue weighted by atomic mass is 16.5. The lowest BCUT2D eigenvalue weighted by Crippen LogP contribution is -2.54. The number of rotatable bonds is 3. The van der Waals surface area contributed by atoms with Crippen molar-refractivity contribution in [2.45, 2.75) is 89.9 Å². The van der Waals surface area contributed by atoms with E-state index in [2.05, 4.69) is 0 Å². The molecule has 10 heteroatoms. The molecule has 0 N–H and O–H groups in total. The molecule has 232 valence electrons. The quantitative estimate of drug-likeness (QED) is 0.379. The molecule has 1 aromatic carbocycles. The number of carbonyl (C=O) groups excluding carboxylic acids is 3. The van der Waals surface area contributed by atoms with Crippen molar-refractivity contribution in [2.75, 3.05) is 26.9 Å². The summed E-state index contributed by atoms with van der Waals surface area (Å²) in [5.41, 5.74) is 1.71. The van der Waals surface area contributed by atoms with Crippen LogP contribution in [0.3, 0.4) is 0 Å². The molecule has 1 amide bonds. The summed E-state index contributed by atoms with van der Waals surface area (Å²) in [6.07, 6.45) is 7.90. The van der Waals surface area contributed by atoms with Gasteiger partial charge in [0.1, 0.15) is 29.9 Å². The molecule has 1 aromatic heterocycles. The van der Waals surface area contributed by atoms with Gasteiger partial charge in [-0.2, -0.15) is 0 Å². The van der Waals surface area contributed by atoms with Crippen LogP contribution in [0.4, 0.5) is 0 Å². The highest BCUT2D eigenvalue weighted by Gasteiger charge is 2.52.